The van der Waals surface area contributed by atoms with Crippen LogP contribution < -0.4 is 11.1 Å². The van der Waals surface area contributed by atoms with E-state index in [1.165, 1.54) is 18.4 Å². The monoisotopic (exact) mass is 190 g/mol. The van der Waals surface area contributed by atoms with Gasteiger partial charge < -0.3 is 11.1 Å². The van der Waals surface area contributed by atoms with Crippen LogP contribution in [0.5, 0.6) is 0 Å². The minimum Gasteiger partial charge on any atom is -0.329 e. The van der Waals surface area contributed by atoms with E-state index in [-0.39, 0.29) is 0 Å². The summed E-state index contributed by atoms with van der Waals surface area (Å²) in [6.07, 6.45) is 2.72. The van der Waals surface area contributed by atoms with Crippen LogP contribution in [0.4, 0.5) is 0 Å². The van der Waals surface area contributed by atoms with E-state index in [1.54, 1.807) is 0 Å². The summed E-state index contributed by atoms with van der Waals surface area (Å²) >= 11 is 0. The molecule has 1 aliphatic carbocycles. The average Bonchev–Trinajstić information content (AvgIpc) is 3.04. The Bertz CT molecular complexity index is 267. The molecule has 1 aliphatic rings. The molecule has 0 amide bonds. The van der Waals surface area contributed by atoms with Crippen molar-refractivity contribution < 1.29 is 0 Å². The fourth-order valence-corrected chi connectivity index (χ4v) is 1.89. The number of nitrogens with one attached hydrogen (secondary N) is 1. The Morgan fingerprint density at radius 2 is 2.00 bits per heavy atom. The molecule has 1 atom stereocenters. The fraction of sp³-hybridized carbons (Fsp3) is 0.500. The third kappa shape index (κ3) is 2.34. The van der Waals surface area contributed by atoms with Crippen LogP contribution in [0.25, 0.3) is 0 Å². The van der Waals surface area contributed by atoms with Crippen LogP contribution in [0.15, 0.2) is 30.3 Å². The summed E-state index contributed by atoms with van der Waals surface area (Å²) in [5, 5.41) is 3.52. The minimum atomic E-state index is 0.528. The van der Waals surface area contributed by atoms with Crippen LogP contribution in [0.2, 0.25) is 0 Å². The van der Waals surface area contributed by atoms with E-state index < -0.39 is 0 Å². The zero-order chi connectivity index (χ0) is 9.80. The molecular formula is C12H18N2. The molecule has 1 saturated carbocycles. The molecule has 1 aromatic carbocycles. The Morgan fingerprint density at radius 3 is 2.57 bits per heavy atom. The van der Waals surface area contributed by atoms with Gasteiger partial charge in [0.25, 0.3) is 0 Å². The van der Waals surface area contributed by atoms with Crippen LogP contribution in [-0.4, -0.2) is 13.1 Å². The van der Waals surface area contributed by atoms with Gasteiger partial charge in [0.1, 0.15) is 0 Å². The van der Waals surface area contributed by atoms with Crippen molar-refractivity contribution in [3.63, 3.8) is 0 Å². The highest BCUT2D eigenvalue weighted by Crippen LogP contribution is 2.40. The van der Waals surface area contributed by atoms with E-state index in [1.807, 2.05) is 0 Å². The van der Waals surface area contributed by atoms with Crippen molar-refractivity contribution in [3.8, 4) is 0 Å². The van der Waals surface area contributed by atoms with Crippen molar-refractivity contribution in [2.75, 3.05) is 13.1 Å². The normalized spacial score (nSPS) is 18.1. The Morgan fingerprint density at radius 1 is 1.29 bits per heavy atom. The first-order valence-electron chi connectivity index (χ1n) is 5.40. The lowest BCUT2D eigenvalue weighted by molar-refractivity contribution is 0.488. The third-order valence-electron chi connectivity index (χ3n) is 2.76. The lowest BCUT2D eigenvalue weighted by Gasteiger charge is -2.18. The summed E-state index contributed by atoms with van der Waals surface area (Å²) in [6, 6.07) is 11.2. The Labute approximate surface area is 85.5 Å². The van der Waals surface area contributed by atoms with Gasteiger partial charge >= 0.3 is 0 Å². The quantitative estimate of drug-likeness (QED) is 0.741. The Balaban J connectivity index is 2.02. The van der Waals surface area contributed by atoms with Gasteiger partial charge in [0.15, 0.2) is 0 Å². The molecular weight excluding hydrogens is 172 g/mol. The number of hydrogen-bond donors (Lipinski definition) is 2. The predicted molar refractivity (Wildman–Crippen MR) is 59.0 cm³/mol. The van der Waals surface area contributed by atoms with E-state index in [4.69, 9.17) is 5.73 Å². The van der Waals surface area contributed by atoms with Crippen LogP contribution in [-0.2, 0) is 0 Å². The highest BCUT2D eigenvalue weighted by atomic mass is 14.9. The van der Waals surface area contributed by atoms with Crippen LogP contribution in [0, 0.1) is 5.92 Å². The van der Waals surface area contributed by atoms with Gasteiger partial charge in [-0.05, 0) is 24.3 Å². The second-order valence-corrected chi connectivity index (χ2v) is 3.97. The van der Waals surface area contributed by atoms with Gasteiger partial charge in [0.2, 0.25) is 0 Å². The molecule has 14 heavy (non-hydrogen) atoms. The molecule has 2 nitrogen and oxygen atoms in total. The van der Waals surface area contributed by atoms with Crippen molar-refractivity contribution in [2.24, 2.45) is 11.7 Å². The maximum absolute atomic E-state index is 5.51. The Kier molecular flexibility index (Phi) is 3.17. The highest BCUT2D eigenvalue weighted by Gasteiger charge is 2.31. The molecule has 3 N–H and O–H groups in total. The van der Waals surface area contributed by atoms with Gasteiger partial charge in [0, 0.05) is 19.1 Å². The van der Waals surface area contributed by atoms with E-state index in [0.717, 1.165) is 19.0 Å². The molecule has 0 saturated heterocycles. The summed E-state index contributed by atoms with van der Waals surface area (Å²) in [4.78, 5) is 0. The molecule has 2 heteroatoms. The molecule has 0 spiro atoms. The van der Waals surface area contributed by atoms with E-state index in [2.05, 4.69) is 35.6 Å². The molecule has 1 fully saturated rings. The SMILES string of the molecule is NCCNC(c1ccccc1)C1CC1. The molecule has 0 radical (unpaired) electrons. The summed E-state index contributed by atoms with van der Waals surface area (Å²) in [5.74, 6) is 0.837. The molecule has 0 aromatic heterocycles. The second-order valence-electron chi connectivity index (χ2n) is 3.97. The van der Waals surface area contributed by atoms with Crippen LogP contribution >= 0.6 is 0 Å². The molecule has 0 heterocycles. The number of nitrogens with two attached hydrogens (primary N) is 1. The molecule has 0 aliphatic heterocycles. The summed E-state index contributed by atoms with van der Waals surface area (Å²) in [6.45, 7) is 1.63. The van der Waals surface area contributed by atoms with E-state index in [0.29, 0.717) is 6.04 Å². The molecule has 1 aromatic rings. The molecule has 2 rings (SSSR count). The largest absolute Gasteiger partial charge is 0.329 e. The number of rotatable bonds is 5. The number of benzene rings is 1. The first kappa shape index (κ1) is 9.69. The van der Waals surface area contributed by atoms with Crippen LogP contribution in [0.3, 0.4) is 0 Å². The van der Waals surface area contributed by atoms with Gasteiger partial charge in [-0.2, -0.15) is 0 Å². The average molecular weight is 190 g/mol. The van der Waals surface area contributed by atoms with E-state index >= 15 is 0 Å². The van der Waals surface area contributed by atoms with E-state index in [9.17, 15) is 0 Å². The van der Waals surface area contributed by atoms with Gasteiger partial charge in [-0.25, -0.2) is 0 Å². The van der Waals surface area contributed by atoms with Crippen LogP contribution in [0.1, 0.15) is 24.4 Å². The minimum absolute atomic E-state index is 0.528. The molecule has 1 unspecified atom stereocenters. The second kappa shape index (κ2) is 4.58. The number of hydrogen-bond acceptors (Lipinski definition) is 2. The van der Waals surface area contributed by atoms with Crippen molar-refractivity contribution in [1.29, 1.82) is 0 Å². The zero-order valence-corrected chi connectivity index (χ0v) is 8.45. The summed E-state index contributed by atoms with van der Waals surface area (Å²) < 4.78 is 0. The maximum atomic E-state index is 5.51. The standard InChI is InChI=1S/C12H18N2/c13-8-9-14-12(11-6-7-11)10-4-2-1-3-5-10/h1-5,11-12,14H,6-9,13H2. The zero-order valence-electron chi connectivity index (χ0n) is 8.45. The van der Waals surface area contributed by atoms with Crippen molar-refractivity contribution in [1.82, 2.24) is 5.32 Å². The lowest BCUT2D eigenvalue weighted by atomic mass is 10.0. The lowest BCUT2D eigenvalue weighted by Crippen LogP contribution is -2.28. The topological polar surface area (TPSA) is 38.0 Å². The fourth-order valence-electron chi connectivity index (χ4n) is 1.89. The van der Waals surface area contributed by atoms with Gasteiger partial charge in [0.05, 0.1) is 0 Å². The van der Waals surface area contributed by atoms with Gasteiger partial charge in [-0.15, -0.1) is 0 Å². The molecule has 76 valence electrons. The first-order chi connectivity index (χ1) is 6.92. The van der Waals surface area contributed by atoms with Gasteiger partial charge in [-0.3, -0.25) is 0 Å². The summed E-state index contributed by atoms with van der Waals surface area (Å²) in [5.41, 5.74) is 6.92. The smallest absolute Gasteiger partial charge is 0.0349 e. The Hall–Kier alpha value is -0.860. The van der Waals surface area contributed by atoms with Crippen molar-refractivity contribution >= 4 is 0 Å². The summed E-state index contributed by atoms with van der Waals surface area (Å²) in [7, 11) is 0. The maximum Gasteiger partial charge on any atom is 0.0349 e. The third-order valence-corrected chi connectivity index (χ3v) is 2.76. The highest BCUT2D eigenvalue weighted by molar-refractivity contribution is 5.21. The van der Waals surface area contributed by atoms with Gasteiger partial charge in [-0.1, -0.05) is 30.3 Å². The first-order valence-corrected chi connectivity index (χ1v) is 5.40. The predicted octanol–water partition coefficient (Wildman–Crippen LogP) is 1.69. The molecule has 0 bridgehead atoms. The van der Waals surface area contributed by atoms with Crippen molar-refractivity contribution in [2.45, 2.75) is 18.9 Å². The van der Waals surface area contributed by atoms with Crippen molar-refractivity contribution in [3.05, 3.63) is 35.9 Å².